The molecular formula is C6H9ClF3NO. The molecule has 6 heteroatoms. The molecular weight excluding hydrogens is 195 g/mol. The van der Waals surface area contributed by atoms with E-state index in [4.69, 9.17) is 11.6 Å². The predicted octanol–water partition coefficient (Wildman–Crippen LogP) is 1.68. The lowest BCUT2D eigenvalue weighted by Gasteiger charge is -2.07. The van der Waals surface area contributed by atoms with Crippen molar-refractivity contribution >= 4 is 17.5 Å². The molecule has 0 rings (SSSR count). The standard InChI is InChI=1S/C6H9ClF3NO/c7-3-1-2-5(12)11-4-6(8,9)10/h1-4H2,(H,11,12). The zero-order chi connectivity index (χ0) is 9.61. The number of amides is 1. The van der Waals surface area contributed by atoms with Crippen LogP contribution in [0.1, 0.15) is 12.8 Å². The van der Waals surface area contributed by atoms with Gasteiger partial charge in [-0.3, -0.25) is 4.79 Å². The van der Waals surface area contributed by atoms with Crippen LogP contribution in [0.15, 0.2) is 0 Å². The van der Waals surface area contributed by atoms with Crippen molar-refractivity contribution in [2.75, 3.05) is 12.4 Å². The Morgan fingerprint density at radius 2 is 2.00 bits per heavy atom. The van der Waals surface area contributed by atoms with Gasteiger partial charge in [0.1, 0.15) is 6.54 Å². The highest BCUT2D eigenvalue weighted by atomic mass is 35.5. The Morgan fingerprint density at radius 1 is 1.42 bits per heavy atom. The van der Waals surface area contributed by atoms with E-state index in [0.29, 0.717) is 6.42 Å². The van der Waals surface area contributed by atoms with Crippen molar-refractivity contribution in [3.05, 3.63) is 0 Å². The molecule has 0 bridgehead atoms. The van der Waals surface area contributed by atoms with Crippen molar-refractivity contribution in [3.8, 4) is 0 Å². The maximum Gasteiger partial charge on any atom is 0.405 e. The van der Waals surface area contributed by atoms with E-state index in [1.165, 1.54) is 0 Å². The molecule has 2 nitrogen and oxygen atoms in total. The third kappa shape index (κ3) is 7.65. The maximum absolute atomic E-state index is 11.5. The summed E-state index contributed by atoms with van der Waals surface area (Å²) in [6.45, 7) is -1.27. The average molecular weight is 204 g/mol. The second-order valence-corrected chi connectivity index (χ2v) is 2.56. The lowest BCUT2D eigenvalue weighted by atomic mass is 10.3. The Balaban J connectivity index is 3.44. The molecule has 0 unspecified atom stereocenters. The van der Waals surface area contributed by atoms with Crippen molar-refractivity contribution in [2.24, 2.45) is 0 Å². The third-order valence-electron chi connectivity index (χ3n) is 1.02. The summed E-state index contributed by atoms with van der Waals surface area (Å²) in [6, 6.07) is 0. The van der Waals surface area contributed by atoms with E-state index in [1.54, 1.807) is 5.32 Å². The summed E-state index contributed by atoms with van der Waals surface area (Å²) in [6.07, 6.45) is -3.90. The van der Waals surface area contributed by atoms with Gasteiger partial charge in [0.15, 0.2) is 0 Å². The number of alkyl halides is 4. The van der Waals surface area contributed by atoms with Crippen LogP contribution in [0.5, 0.6) is 0 Å². The molecule has 0 heterocycles. The second-order valence-electron chi connectivity index (χ2n) is 2.18. The first-order valence-corrected chi connectivity index (χ1v) is 3.88. The molecule has 0 saturated heterocycles. The minimum absolute atomic E-state index is 0.0412. The van der Waals surface area contributed by atoms with Crippen molar-refractivity contribution < 1.29 is 18.0 Å². The van der Waals surface area contributed by atoms with Gasteiger partial charge in [-0.1, -0.05) is 0 Å². The largest absolute Gasteiger partial charge is 0.405 e. The van der Waals surface area contributed by atoms with Gasteiger partial charge in [-0.25, -0.2) is 0 Å². The number of rotatable bonds is 4. The lowest BCUT2D eigenvalue weighted by molar-refractivity contribution is -0.138. The van der Waals surface area contributed by atoms with Crippen LogP contribution in [0.4, 0.5) is 13.2 Å². The van der Waals surface area contributed by atoms with Crippen molar-refractivity contribution in [1.82, 2.24) is 5.32 Å². The molecule has 0 saturated carbocycles. The molecule has 0 aliphatic carbocycles. The van der Waals surface area contributed by atoms with Crippen LogP contribution in [0.3, 0.4) is 0 Å². The normalized spacial score (nSPS) is 11.3. The summed E-state index contributed by atoms with van der Waals surface area (Å²) in [5.41, 5.74) is 0. The molecule has 12 heavy (non-hydrogen) atoms. The Labute approximate surface area is 73.1 Å². The van der Waals surface area contributed by atoms with Crippen LogP contribution in [0.25, 0.3) is 0 Å². The van der Waals surface area contributed by atoms with Crippen LogP contribution in [-0.2, 0) is 4.79 Å². The van der Waals surface area contributed by atoms with Gasteiger partial charge < -0.3 is 5.32 Å². The first-order chi connectivity index (χ1) is 5.45. The Bertz CT molecular complexity index is 148. The van der Waals surface area contributed by atoms with Crippen LogP contribution in [0, 0.1) is 0 Å². The molecule has 0 aromatic rings. The second kappa shape index (κ2) is 5.24. The van der Waals surface area contributed by atoms with E-state index < -0.39 is 18.6 Å². The number of carbonyl (C=O) groups excluding carboxylic acids is 1. The Kier molecular flexibility index (Phi) is 5.04. The minimum atomic E-state index is -4.34. The summed E-state index contributed by atoms with van der Waals surface area (Å²) < 4.78 is 34.5. The van der Waals surface area contributed by atoms with Gasteiger partial charge in [0.25, 0.3) is 0 Å². The zero-order valence-corrected chi connectivity index (χ0v) is 7.00. The molecule has 0 aromatic carbocycles. The van der Waals surface area contributed by atoms with Crippen molar-refractivity contribution in [1.29, 1.82) is 0 Å². The molecule has 1 N–H and O–H groups in total. The zero-order valence-electron chi connectivity index (χ0n) is 6.25. The monoisotopic (exact) mass is 203 g/mol. The average Bonchev–Trinajstić information content (AvgIpc) is 1.95. The van der Waals surface area contributed by atoms with Gasteiger partial charge in [0, 0.05) is 12.3 Å². The fourth-order valence-electron chi connectivity index (χ4n) is 0.515. The van der Waals surface area contributed by atoms with Crippen molar-refractivity contribution in [3.63, 3.8) is 0 Å². The Hall–Kier alpha value is -0.450. The summed E-state index contributed by atoms with van der Waals surface area (Å²) in [5.74, 6) is -0.340. The maximum atomic E-state index is 11.5. The topological polar surface area (TPSA) is 29.1 Å². The number of nitrogens with one attached hydrogen (secondary N) is 1. The highest BCUT2D eigenvalue weighted by Crippen LogP contribution is 2.12. The highest BCUT2D eigenvalue weighted by molar-refractivity contribution is 6.17. The molecule has 0 aliphatic heterocycles. The van der Waals surface area contributed by atoms with E-state index in [-0.39, 0.29) is 12.3 Å². The first-order valence-electron chi connectivity index (χ1n) is 3.35. The summed E-state index contributed by atoms with van der Waals surface area (Å²) in [4.78, 5) is 10.6. The lowest BCUT2D eigenvalue weighted by Crippen LogP contribution is -2.33. The van der Waals surface area contributed by atoms with Gasteiger partial charge in [-0.05, 0) is 6.42 Å². The molecule has 0 fully saturated rings. The number of carbonyl (C=O) groups is 1. The first kappa shape index (κ1) is 11.6. The van der Waals surface area contributed by atoms with E-state index in [9.17, 15) is 18.0 Å². The fraction of sp³-hybridized carbons (Fsp3) is 0.833. The van der Waals surface area contributed by atoms with Crippen LogP contribution < -0.4 is 5.32 Å². The highest BCUT2D eigenvalue weighted by Gasteiger charge is 2.27. The van der Waals surface area contributed by atoms with Gasteiger partial charge in [0.2, 0.25) is 5.91 Å². The van der Waals surface area contributed by atoms with Crippen molar-refractivity contribution in [2.45, 2.75) is 19.0 Å². The van der Waals surface area contributed by atoms with E-state index in [0.717, 1.165) is 0 Å². The van der Waals surface area contributed by atoms with Gasteiger partial charge in [0.05, 0.1) is 0 Å². The van der Waals surface area contributed by atoms with Gasteiger partial charge in [-0.15, -0.1) is 11.6 Å². The fourth-order valence-corrected chi connectivity index (χ4v) is 0.648. The summed E-state index contributed by atoms with van der Waals surface area (Å²) >= 11 is 5.23. The van der Waals surface area contributed by atoms with Crippen LogP contribution in [0.2, 0.25) is 0 Å². The predicted molar refractivity (Wildman–Crippen MR) is 39.0 cm³/mol. The SMILES string of the molecule is O=C(CCCCl)NCC(F)(F)F. The number of hydrogen-bond acceptors (Lipinski definition) is 1. The molecule has 0 atom stereocenters. The quantitative estimate of drug-likeness (QED) is 0.692. The summed E-state index contributed by atoms with van der Waals surface area (Å²) in [5, 5.41) is 1.73. The van der Waals surface area contributed by atoms with E-state index >= 15 is 0 Å². The Morgan fingerprint density at radius 3 is 2.42 bits per heavy atom. The number of halogens is 4. The van der Waals surface area contributed by atoms with Gasteiger partial charge in [-0.2, -0.15) is 13.2 Å². The number of hydrogen-bond donors (Lipinski definition) is 1. The van der Waals surface area contributed by atoms with Gasteiger partial charge >= 0.3 is 6.18 Å². The third-order valence-corrected chi connectivity index (χ3v) is 1.29. The van der Waals surface area contributed by atoms with E-state index in [1.807, 2.05) is 0 Å². The molecule has 0 spiro atoms. The van der Waals surface area contributed by atoms with Crippen LogP contribution >= 0.6 is 11.6 Å². The van der Waals surface area contributed by atoms with Crippen LogP contribution in [-0.4, -0.2) is 24.5 Å². The minimum Gasteiger partial charge on any atom is -0.347 e. The molecule has 1 amide bonds. The molecule has 0 radical (unpaired) electrons. The molecule has 0 aliphatic rings. The molecule has 0 aromatic heterocycles. The van der Waals surface area contributed by atoms with E-state index in [2.05, 4.69) is 0 Å². The summed E-state index contributed by atoms with van der Waals surface area (Å²) in [7, 11) is 0. The molecule has 72 valence electrons. The smallest absolute Gasteiger partial charge is 0.347 e.